The van der Waals surface area contributed by atoms with Crippen molar-refractivity contribution < 1.29 is 4.21 Å². The van der Waals surface area contributed by atoms with Gasteiger partial charge in [0.1, 0.15) is 0 Å². The van der Waals surface area contributed by atoms with Crippen LogP contribution in [0.15, 0.2) is 35.2 Å². The summed E-state index contributed by atoms with van der Waals surface area (Å²) in [5.74, 6) is 1.40. The summed E-state index contributed by atoms with van der Waals surface area (Å²) in [6, 6.07) is 10.5. The third-order valence-electron chi connectivity index (χ3n) is 3.02. The zero-order chi connectivity index (χ0) is 14.3. The van der Waals surface area contributed by atoms with Gasteiger partial charge in [0.15, 0.2) is 0 Å². The number of rotatable bonds is 8. The Balaban J connectivity index is 2.58. The molecular weight excluding hydrogens is 254 g/mol. The van der Waals surface area contributed by atoms with E-state index in [1.165, 1.54) is 6.42 Å². The summed E-state index contributed by atoms with van der Waals surface area (Å²) in [5, 5.41) is 3.54. The van der Waals surface area contributed by atoms with E-state index in [4.69, 9.17) is 0 Å². The highest BCUT2D eigenvalue weighted by Crippen LogP contribution is 2.12. The molecule has 2 unspecified atom stereocenters. The van der Waals surface area contributed by atoms with Crippen molar-refractivity contribution in [3.05, 3.63) is 30.3 Å². The van der Waals surface area contributed by atoms with Crippen molar-refractivity contribution >= 4 is 10.8 Å². The van der Waals surface area contributed by atoms with Crippen molar-refractivity contribution in [1.82, 2.24) is 5.32 Å². The molecule has 1 rings (SSSR count). The van der Waals surface area contributed by atoms with Crippen molar-refractivity contribution in [1.29, 1.82) is 0 Å². The van der Waals surface area contributed by atoms with Crippen LogP contribution in [-0.4, -0.2) is 22.0 Å². The predicted molar refractivity (Wildman–Crippen MR) is 83.8 cm³/mol. The van der Waals surface area contributed by atoms with Crippen LogP contribution in [-0.2, 0) is 10.8 Å². The van der Waals surface area contributed by atoms with E-state index in [1.807, 2.05) is 30.3 Å². The van der Waals surface area contributed by atoms with Gasteiger partial charge in [0.25, 0.3) is 0 Å². The normalized spacial score (nSPS) is 14.8. The van der Waals surface area contributed by atoms with Crippen molar-refractivity contribution in [2.24, 2.45) is 5.92 Å². The van der Waals surface area contributed by atoms with Crippen LogP contribution in [0, 0.1) is 5.92 Å². The predicted octanol–water partition coefficient (Wildman–Crippen LogP) is 3.60. The summed E-state index contributed by atoms with van der Waals surface area (Å²) < 4.78 is 12.4. The van der Waals surface area contributed by atoms with Gasteiger partial charge >= 0.3 is 0 Å². The molecule has 0 fully saturated rings. The smallest absolute Gasteiger partial charge is 0.0545 e. The lowest BCUT2D eigenvalue weighted by Crippen LogP contribution is -2.38. The van der Waals surface area contributed by atoms with Crippen LogP contribution >= 0.6 is 0 Å². The van der Waals surface area contributed by atoms with Crippen LogP contribution in [0.1, 0.15) is 40.5 Å². The second-order valence-electron chi connectivity index (χ2n) is 5.81. The highest BCUT2D eigenvalue weighted by Gasteiger charge is 2.15. The Labute approximate surface area is 120 Å². The number of hydrogen-bond acceptors (Lipinski definition) is 2. The van der Waals surface area contributed by atoms with E-state index in [-0.39, 0.29) is 0 Å². The largest absolute Gasteiger partial charge is 0.311 e. The average Bonchev–Trinajstić information content (AvgIpc) is 2.36. The third-order valence-corrected chi connectivity index (χ3v) is 4.52. The topological polar surface area (TPSA) is 29.1 Å². The van der Waals surface area contributed by atoms with Crippen LogP contribution in [0.3, 0.4) is 0 Å². The first-order chi connectivity index (χ1) is 8.99. The van der Waals surface area contributed by atoms with E-state index >= 15 is 0 Å². The minimum Gasteiger partial charge on any atom is -0.311 e. The Morgan fingerprint density at radius 2 is 1.68 bits per heavy atom. The maximum absolute atomic E-state index is 12.4. The van der Waals surface area contributed by atoms with E-state index < -0.39 is 10.8 Å². The molecule has 1 aromatic carbocycles. The van der Waals surface area contributed by atoms with Gasteiger partial charge in [0, 0.05) is 22.7 Å². The molecule has 0 aliphatic rings. The SMILES string of the molecule is CC(C)CCC(CS(=O)c1ccccc1)NC(C)C. The number of nitrogens with one attached hydrogen (secondary N) is 1. The van der Waals surface area contributed by atoms with Gasteiger partial charge < -0.3 is 5.32 Å². The van der Waals surface area contributed by atoms with E-state index in [1.54, 1.807) is 0 Å². The molecule has 19 heavy (non-hydrogen) atoms. The molecule has 0 amide bonds. The average molecular weight is 281 g/mol. The van der Waals surface area contributed by atoms with Gasteiger partial charge in [-0.05, 0) is 30.9 Å². The van der Waals surface area contributed by atoms with E-state index in [9.17, 15) is 4.21 Å². The first-order valence-corrected chi connectivity index (χ1v) is 8.50. The molecular formula is C16H27NOS. The molecule has 0 aliphatic carbocycles. The lowest BCUT2D eigenvalue weighted by Gasteiger charge is -2.21. The zero-order valence-electron chi connectivity index (χ0n) is 12.6. The fraction of sp³-hybridized carbons (Fsp3) is 0.625. The highest BCUT2D eigenvalue weighted by atomic mass is 32.2. The Morgan fingerprint density at radius 1 is 1.05 bits per heavy atom. The summed E-state index contributed by atoms with van der Waals surface area (Å²) in [5.41, 5.74) is 0. The van der Waals surface area contributed by atoms with Crippen LogP contribution in [0.25, 0.3) is 0 Å². The Kier molecular flexibility index (Phi) is 7.32. The third kappa shape index (κ3) is 6.88. The van der Waals surface area contributed by atoms with Gasteiger partial charge in [-0.2, -0.15) is 0 Å². The highest BCUT2D eigenvalue weighted by molar-refractivity contribution is 7.85. The molecule has 0 heterocycles. The fourth-order valence-corrected chi connectivity index (χ4v) is 3.35. The van der Waals surface area contributed by atoms with Gasteiger partial charge in [-0.25, -0.2) is 0 Å². The summed E-state index contributed by atoms with van der Waals surface area (Å²) >= 11 is 0. The van der Waals surface area contributed by atoms with E-state index in [2.05, 4.69) is 33.0 Å². The van der Waals surface area contributed by atoms with Gasteiger partial charge in [-0.3, -0.25) is 4.21 Å². The minimum atomic E-state index is -0.907. The van der Waals surface area contributed by atoms with Gasteiger partial charge in [-0.1, -0.05) is 45.9 Å². The number of hydrogen-bond donors (Lipinski definition) is 1. The Bertz CT molecular complexity index is 376. The molecule has 1 N–H and O–H groups in total. The minimum absolute atomic E-state index is 0.337. The zero-order valence-corrected chi connectivity index (χ0v) is 13.4. The van der Waals surface area contributed by atoms with Gasteiger partial charge in [0.2, 0.25) is 0 Å². The quantitative estimate of drug-likeness (QED) is 0.789. The van der Waals surface area contributed by atoms with Crippen molar-refractivity contribution in [2.75, 3.05) is 5.75 Å². The molecule has 0 aromatic heterocycles. The molecule has 0 saturated carbocycles. The molecule has 1 aromatic rings. The molecule has 2 nitrogen and oxygen atoms in total. The van der Waals surface area contributed by atoms with Crippen LogP contribution < -0.4 is 5.32 Å². The molecule has 0 radical (unpaired) electrons. The molecule has 2 atom stereocenters. The first-order valence-electron chi connectivity index (χ1n) is 7.18. The maximum atomic E-state index is 12.4. The second-order valence-corrected chi connectivity index (χ2v) is 7.31. The van der Waals surface area contributed by atoms with Crippen LogP contribution in [0.4, 0.5) is 0 Å². The lowest BCUT2D eigenvalue weighted by atomic mass is 10.0. The Morgan fingerprint density at radius 3 is 2.21 bits per heavy atom. The summed E-state index contributed by atoms with van der Waals surface area (Å²) in [6.07, 6.45) is 2.27. The molecule has 108 valence electrons. The van der Waals surface area contributed by atoms with Crippen LogP contribution in [0.5, 0.6) is 0 Å². The second kappa shape index (κ2) is 8.49. The van der Waals surface area contributed by atoms with Gasteiger partial charge in [0.05, 0.1) is 10.8 Å². The Hall–Kier alpha value is -0.670. The van der Waals surface area contributed by atoms with Crippen LogP contribution in [0.2, 0.25) is 0 Å². The number of benzene rings is 1. The monoisotopic (exact) mass is 281 g/mol. The standard InChI is InChI=1S/C16H27NOS/c1-13(2)10-11-15(17-14(3)4)12-19(18)16-8-6-5-7-9-16/h5-9,13-15,17H,10-12H2,1-4H3. The fourth-order valence-electron chi connectivity index (χ4n) is 2.07. The molecule has 0 bridgehead atoms. The van der Waals surface area contributed by atoms with Crippen molar-refractivity contribution in [2.45, 2.75) is 57.5 Å². The first kappa shape index (κ1) is 16.4. The molecule has 3 heteroatoms. The van der Waals surface area contributed by atoms with Crippen molar-refractivity contribution in [3.63, 3.8) is 0 Å². The summed E-state index contributed by atoms with van der Waals surface area (Å²) in [4.78, 5) is 0.933. The molecule has 0 saturated heterocycles. The molecule has 0 aliphatic heterocycles. The van der Waals surface area contributed by atoms with E-state index in [0.29, 0.717) is 23.8 Å². The summed E-state index contributed by atoms with van der Waals surface area (Å²) in [6.45, 7) is 8.77. The van der Waals surface area contributed by atoms with E-state index in [0.717, 1.165) is 11.3 Å². The maximum Gasteiger partial charge on any atom is 0.0545 e. The van der Waals surface area contributed by atoms with Gasteiger partial charge in [-0.15, -0.1) is 0 Å². The lowest BCUT2D eigenvalue weighted by molar-refractivity contribution is 0.425. The molecule has 0 spiro atoms. The summed E-state index contributed by atoms with van der Waals surface area (Å²) in [7, 11) is -0.907. The van der Waals surface area contributed by atoms with Crippen molar-refractivity contribution in [3.8, 4) is 0 Å².